The molecular weight excluding hydrogens is 240 g/mol. The van der Waals surface area contributed by atoms with E-state index in [0.717, 1.165) is 25.2 Å². The van der Waals surface area contributed by atoms with Gasteiger partial charge in [0.1, 0.15) is 0 Å². The van der Waals surface area contributed by atoms with Crippen molar-refractivity contribution in [2.75, 3.05) is 18.4 Å². The molecule has 1 fully saturated rings. The van der Waals surface area contributed by atoms with E-state index in [1.807, 2.05) is 11.0 Å². The third kappa shape index (κ3) is 3.49. The van der Waals surface area contributed by atoms with Gasteiger partial charge in [0.15, 0.2) is 5.82 Å². The first-order chi connectivity index (χ1) is 8.86. The van der Waals surface area contributed by atoms with Crippen molar-refractivity contribution in [3.63, 3.8) is 0 Å². The summed E-state index contributed by atoms with van der Waals surface area (Å²) in [5, 5.41) is 10.0. The SMILES string of the molecule is CC1CCCN(C(=O)Nc2cc(C(C)(C)C)[nH]n2)C1. The van der Waals surface area contributed by atoms with Gasteiger partial charge in [0, 0.05) is 30.3 Å². The molecule has 0 radical (unpaired) electrons. The topological polar surface area (TPSA) is 61.0 Å². The van der Waals surface area contributed by atoms with Gasteiger partial charge < -0.3 is 4.90 Å². The Morgan fingerprint density at radius 1 is 1.53 bits per heavy atom. The van der Waals surface area contributed by atoms with Gasteiger partial charge in [0.05, 0.1) is 0 Å². The van der Waals surface area contributed by atoms with Crippen molar-refractivity contribution in [1.82, 2.24) is 15.1 Å². The van der Waals surface area contributed by atoms with E-state index in [2.05, 4.69) is 43.2 Å². The van der Waals surface area contributed by atoms with Gasteiger partial charge in [-0.3, -0.25) is 10.4 Å². The van der Waals surface area contributed by atoms with Crippen LogP contribution in [-0.4, -0.2) is 34.2 Å². The second-order valence-corrected chi connectivity index (χ2v) is 6.54. The van der Waals surface area contributed by atoms with Crippen molar-refractivity contribution >= 4 is 11.8 Å². The Morgan fingerprint density at radius 3 is 2.84 bits per heavy atom. The Kier molecular flexibility index (Phi) is 3.83. The first kappa shape index (κ1) is 13.9. The molecule has 1 aliphatic rings. The molecule has 1 aliphatic heterocycles. The lowest BCUT2D eigenvalue weighted by atomic mass is 9.92. The van der Waals surface area contributed by atoms with Gasteiger partial charge in [-0.1, -0.05) is 27.7 Å². The van der Waals surface area contributed by atoms with Crippen LogP contribution in [0.25, 0.3) is 0 Å². The van der Waals surface area contributed by atoms with Crippen molar-refractivity contribution in [1.29, 1.82) is 0 Å². The minimum atomic E-state index is -0.0430. The molecule has 2 heterocycles. The van der Waals surface area contributed by atoms with E-state index < -0.39 is 0 Å². The lowest BCUT2D eigenvalue weighted by molar-refractivity contribution is 0.182. The molecule has 0 aromatic carbocycles. The number of nitrogens with zero attached hydrogens (tertiary/aromatic N) is 2. The summed E-state index contributed by atoms with van der Waals surface area (Å²) in [5.74, 6) is 1.19. The minimum absolute atomic E-state index is 0.00954. The van der Waals surface area contributed by atoms with Gasteiger partial charge in [-0.05, 0) is 18.8 Å². The average molecular weight is 264 g/mol. The maximum atomic E-state index is 12.1. The smallest absolute Gasteiger partial charge is 0.323 e. The first-order valence-corrected chi connectivity index (χ1v) is 6.98. The van der Waals surface area contributed by atoms with Crippen molar-refractivity contribution in [3.05, 3.63) is 11.8 Å². The van der Waals surface area contributed by atoms with Crippen LogP contribution in [0.4, 0.5) is 10.6 Å². The van der Waals surface area contributed by atoms with Crippen LogP contribution in [0, 0.1) is 5.92 Å². The van der Waals surface area contributed by atoms with Crippen LogP contribution in [-0.2, 0) is 5.41 Å². The monoisotopic (exact) mass is 264 g/mol. The zero-order chi connectivity index (χ0) is 14.0. The molecule has 0 aliphatic carbocycles. The number of amides is 2. The third-order valence-corrected chi connectivity index (χ3v) is 3.57. The summed E-state index contributed by atoms with van der Waals surface area (Å²) >= 11 is 0. The minimum Gasteiger partial charge on any atom is -0.324 e. The van der Waals surface area contributed by atoms with Gasteiger partial charge >= 0.3 is 6.03 Å². The van der Waals surface area contributed by atoms with Crippen LogP contribution in [0.5, 0.6) is 0 Å². The normalized spacial score (nSPS) is 20.4. The third-order valence-electron chi connectivity index (χ3n) is 3.57. The van der Waals surface area contributed by atoms with Gasteiger partial charge in [0.25, 0.3) is 0 Å². The molecule has 1 saturated heterocycles. The summed E-state index contributed by atoms with van der Waals surface area (Å²) in [7, 11) is 0. The Balaban J connectivity index is 1.97. The predicted octanol–water partition coefficient (Wildman–Crippen LogP) is 2.97. The molecule has 1 unspecified atom stereocenters. The fourth-order valence-corrected chi connectivity index (χ4v) is 2.33. The molecule has 19 heavy (non-hydrogen) atoms. The standard InChI is InChI=1S/C14H24N4O/c1-10-6-5-7-18(9-10)13(19)15-12-8-11(16-17-12)14(2,3)4/h8,10H,5-7,9H2,1-4H3,(H2,15,16,17,19). The lowest BCUT2D eigenvalue weighted by Gasteiger charge is -2.30. The van der Waals surface area contributed by atoms with E-state index in [1.165, 1.54) is 6.42 Å². The molecule has 0 spiro atoms. The number of anilines is 1. The van der Waals surface area contributed by atoms with Crippen LogP contribution in [0.15, 0.2) is 6.07 Å². The number of carbonyl (C=O) groups is 1. The maximum Gasteiger partial charge on any atom is 0.323 e. The number of piperidine rings is 1. The molecule has 2 rings (SSSR count). The molecule has 0 saturated carbocycles. The summed E-state index contributed by atoms with van der Waals surface area (Å²) in [5.41, 5.74) is 1.03. The highest BCUT2D eigenvalue weighted by Crippen LogP contribution is 2.22. The van der Waals surface area contributed by atoms with E-state index in [1.54, 1.807) is 0 Å². The van der Waals surface area contributed by atoms with Crippen molar-refractivity contribution in [3.8, 4) is 0 Å². The van der Waals surface area contributed by atoms with Crippen LogP contribution in [0.3, 0.4) is 0 Å². The summed E-state index contributed by atoms with van der Waals surface area (Å²) < 4.78 is 0. The van der Waals surface area contributed by atoms with Gasteiger partial charge in [-0.2, -0.15) is 5.10 Å². The van der Waals surface area contributed by atoms with E-state index in [9.17, 15) is 4.79 Å². The quantitative estimate of drug-likeness (QED) is 0.819. The molecular formula is C14H24N4O. The Morgan fingerprint density at radius 2 is 2.26 bits per heavy atom. The predicted molar refractivity (Wildman–Crippen MR) is 76.3 cm³/mol. The number of nitrogens with one attached hydrogen (secondary N) is 2. The zero-order valence-electron chi connectivity index (χ0n) is 12.3. The molecule has 2 amide bonds. The van der Waals surface area contributed by atoms with Gasteiger partial charge in [-0.15, -0.1) is 0 Å². The Bertz CT molecular complexity index is 447. The molecule has 1 aromatic heterocycles. The summed E-state index contributed by atoms with van der Waals surface area (Å²) in [6.45, 7) is 10.2. The van der Waals surface area contributed by atoms with E-state index >= 15 is 0 Å². The molecule has 2 N–H and O–H groups in total. The second kappa shape index (κ2) is 5.23. The van der Waals surface area contributed by atoms with Crippen molar-refractivity contribution in [2.45, 2.75) is 46.0 Å². The summed E-state index contributed by atoms with van der Waals surface area (Å²) in [6.07, 6.45) is 2.29. The number of likely N-dealkylation sites (tertiary alicyclic amines) is 1. The fourth-order valence-electron chi connectivity index (χ4n) is 2.33. The highest BCUT2D eigenvalue weighted by Gasteiger charge is 2.22. The summed E-state index contributed by atoms with van der Waals surface area (Å²) in [6, 6.07) is 1.86. The first-order valence-electron chi connectivity index (χ1n) is 6.98. The highest BCUT2D eigenvalue weighted by molar-refractivity contribution is 5.88. The molecule has 5 heteroatoms. The Hall–Kier alpha value is -1.52. The van der Waals surface area contributed by atoms with Crippen LogP contribution in [0.1, 0.15) is 46.2 Å². The molecule has 1 atom stereocenters. The van der Waals surface area contributed by atoms with Crippen LogP contribution in [0.2, 0.25) is 0 Å². The summed E-state index contributed by atoms with van der Waals surface area (Å²) in [4.78, 5) is 14.0. The van der Waals surface area contributed by atoms with Crippen molar-refractivity contribution in [2.24, 2.45) is 5.92 Å². The molecule has 0 bridgehead atoms. The number of H-pyrrole nitrogens is 1. The second-order valence-electron chi connectivity index (χ2n) is 6.54. The van der Waals surface area contributed by atoms with E-state index in [0.29, 0.717) is 11.7 Å². The lowest BCUT2D eigenvalue weighted by Crippen LogP contribution is -2.41. The molecule has 1 aromatic rings. The van der Waals surface area contributed by atoms with Gasteiger partial charge in [-0.25, -0.2) is 4.79 Å². The molecule has 106 valence electrons. The average Bonchev–Trinajstić information content (AvgIpc) is 2.77. The number of rotatable bonds is 1. The largest absolute Gasteiger partial charge is 0.324 e. The van der Waals surface area contributed by atoms with Crippen LogP contribution >= 0.6 is 0 Å². The van der Waals surface area contributed by atoms with Crippen LogP contribution < -0.4 is 5.32 Å². The molecule has 5 nitrogen and oxygen atoms in total. The number of urea groups is 1. The maximum absolute atomic E-state index is 12.1. The number of hydrogen-bond donors (Lipinski definition) is 2. The number of hydrogen-bond acceptors (Lipinski definition) is 2. The van der Waals surface area contributed by atoms with E-state index in [4.69, 9.17) is 0 Å². The fraction of sp³-hybridized carbons (Fsp3) is 0.714. The van der Waals surface area contributed by atoms with Gasteiger partial charge in [0.2, 0.25) is 0 Å². The van der Waals surface area contributed by atoms with Crippen molar-refractivity contribution < 1.29 is 4.79 Å². The Labute approximate surface area is 114 Å². The van der Waals surface area contributed by atoms with E-state index in [-0.39, 0.29) is 11.4 Å². The number of carbonyl (C=O) groups excluding carboxylic acids is 1. The zero-order valence-corrected chi connectivity index (χ0v) is 12.3. The highest BCUT2D eigenvalue weighted by atomic mass is 16.2. The number of aromatic amines is 1. The number of aromatic nitrogens is 2.